The number of hydrogen-bond donors (Lipinski definition) is 2. The number of nitrogens with zero attached hydrogens (tertiary/aromatic N) is 3. The molecule has 2 heterocycles. The summed E-state index contributed by atoms with van der Waals surface area (Å²) in [6.07, 6.45) is 1.81. The van der Waals surface area contributed by atoms with Crippen molar-refractivity contribution >= 4 is 27.5 Å². The van der Waals surface area contributed by atoms with Crippen molar-refractivity contribution in [3.63, 3.8) is 0 Å². The van der Waals surface area contributed by atoms with E-state index in [1.807, 2.05) is 13.8 Å². The van der Waals surface area contributed by atoms with Gasteiger partial charge in [-0.25, -0.2) is 0 Å². The SMILES string of the molecule is CC(C)Cn1c(O)c(C(=O)NC2CC2)c(=O)n2nc(Br)cc12. The lowest BCUT2D eigenvalue weighted by Crippen LogP contribution is -2.34. The van der Waals surface area contributed by atoms with E-state index in [-0.39, 0.29) is 23.4 Å². The largest absolute Gasteiger partial charge is 0.494 e. The molecule has 2 aromatic heterocycles. The van der Waals surface area contributed by atoms with E-state index in [1.54, 1.807) is 10.6 Å². The van der Waals surface area contributed by atoms with Crippen molar-refractivity contribution < 1.29 is 9.90 Å². The maximum atomic E-state index is 12.5. The summed E-state index contributed by atoms with van der Waals surface area (Å²) in [5.41, 5.74) is -0.418. The molecule has 1 amide bonds. The minimum absolute atomic E-state index is 0.102. The minimum atomic E-state index is -0.614. The van der Waals surface area contributed by atoms with Crippen LogP contribution in [0.2, 0.25) is 0 Å². The Labute approximate surface area is 135 Å². The smallest absolute Gasteiger partial charge is 0.291 e. The molecule has 7 nitrogen and oxygen atoms in total. The molecule has 1 aliphatic rings. The number of nitrogens with one attached hydrogen (secondary N) is 1. The van der Waals surface area contributed by atoms with E-state index in [0.717, 1.165) is 17.4 Å². The van der Waals surface area contributed by atoms with Gasteiger partial charge in [0.25, 0.3) is 11.5 Å². The average molecular weight is 369 g/mol. The molecule has 1 aliphatic carbocycles. The lowest BCUT2D eigenvalue weighted by molar-refractivity contribution is 0.0944. The Bertz CT molecular complexity index is 805. The Morgan fingerprint density at radius 1 is 1.55 bits per heavy atom. The van der Waals surface area contributed by atoms with Gasteiger partial charge in [-0.05, 0) is 34.7 Å². The highest BCUT2D eigenvalue weighted by Crippen LogP contribution is 2.23. The van der Waals surface area contributed by atoms with Crippen molar-refractivity contribution in [2.24, 2.45) is 5.92 Å². The van der Waals surface area contributed by atoms with Crippen LogP contribution in [0.4, 0.5) is 0 Å². The van der Waals surface area contributed by atoms with Crippen LogP contribution in [0.5, 0.6) is 5.88 Å². The first-order chi connectivity index (χ1) is 10.4. The van der Waals surface area contributed by atoms with Crippen LogP contribution in [0.1, 0.15) is 37.0 Å². The third kappa shape index (κ3) is 2.63. The maximum Gasteiger partial charge on any atom is 0.291 e. The minimum Gasteiger partial charge on any atom is -0.494 e. The number of fused-ring (bicyclic) bond motifs is 1. The molecular formula is C14H17BrN4O3. The quantitative estimate of drug-likeness (QED) is 0.855. The molecule has 0 radical (unpaired) electrons. The lowest BCUT2D eigenvalue weighted by atomic mass is 10.2. The molecular weight excluding hydrogens is 352 g/mol. The third-order valence-electron chi connectivity index (χ3n) is 3.51. The number of carbonyl (C=O) groups is 1. The standard InChI is InChI=1S/C14H17BrN4O3/c1-7(2)6-18-10-5-9(15)17-19(10)14(22)11(13(18)21)12(20)16-8-3-4-8/h5,7-8,21H,3-4,6H2,1-2H3,(H,16,20). The summed E-state index contributed by atoms with van der Waals surface area (Å²) in [6.45, 7) is 4.45. The Kier molecular flexibility index (Phi) is 3.72. The maximum absolute atomic E-state index is 12.5. The zero-order chi connectivity index (χ0) is 16.0. The van der Waals surface area contributed by atoms with Gasteiger partial charge in [0.2, 0.25) is 5.88 Å². The Morgan fingerprint density at radius 3 is 2.82 bits per heavy atom. The first kappa shape index (κ1) is 15.1. The van der Waals surface area contributed by atoms with Gasteiger partial charge in [-0.1, -0.05) is 13.8 Å². The van der Waals surface area contributed by atoms with Crippen molar-refractivity contribution in [3.05, 3.63) is 26.6 Å². The van der Waals surface area contributed by atoms with E-state index >= 15 is 0 Å². The summed E-state index contributed by atoms with van der Waals surface area (Å²) >= 11 is 3.23. The van der Waals surface area contributed by atoms with E-state index in [1.165, 1.54) is 0 Å². The molecule has 0 aliphatic heterocycles. The van der Waals surface area contributed by atoms with Gasteiger partial charge in [-0.2, -0.15) is 9.61 Å². The topological polar surface area (TPSA) is 88.6 Å². The van der Waals surface area contributed by atoms with Crippen LogP contribution in [0.15, 0.2) is 15.5 Å². The van der Waals surface area contributed by atoms with Crippen molar-refractivity contribution in [2.75, 3.05) is 0 Å². The first-order valence-corrected chi connectivity index (χ1v) is 7.99. The van der Waals surface area contributed by atoms with Gasteiger partial charge >= 0.3 is 0 Å². The number of carbonyl (C=O) groups excluding carboxylic acids is 1. The summed E-state index contributed by atoms with van der Waals surface area (Å²) in [5, 5.41) is 17.3. The fraction of sp³-hybridized carbons (Fsp3) is 0.500. The highest BCUT2D eigenvalue weighted by Gasteiger charge is 2.29. The van der Waals surface area contributed by atoms with Gasteiger partial charge in [0.05, 0.1) is 0 Å². The van der Waals surface area contributed by atoms with Crippen molar-refractivity contribution in [3.8, 4) is 5.88 Å². The molecule has 0 aromatic carbocycles. The second-order valence-corrected chi connectivity index (χ2v) is 6.81. The average Bonchev–Trinajstić information content (AvgIpc) is 3.14. The van der Waals surface area contributed by atoms with Crippen molar-refractivity contribution in [1.29, 1.82) is 0 Å². The normalized spacial score (nSPS) is 14.7. The van der Waals surface area contributed by atoms with Crippen molar-refractivity contribution in [2.45, 2.75) is 39.3 Å². The van der Waals surface area contributed by atoms with E-state index in [2.05, 4.69) is 26.3 Å². The van der Waals surface area contributed by atoms with E-state index < -0.39 is 11.5 Å². The number of rotatable bonds is 4. The second-order valence-electron chi connectivity index (χ2n) is 5.99. The monoisotopic (exact) mass is 368 g/mol. The van der Waals surface area contributed by atoms with Crippen LogP contribution >= 0.6 is 15.9 Å². The van der Waals surface area contributed by atoms with Crippen molar-refractivity contribution in [1.82, 2.24) is 19.5 Å². The van der Waals surface area contributed by atoms with Gasteiger partial charge in [-0.15, -0.1) is 0 Å². The number of amides is 1. The second kappa shape index (κ2) is 5.42. The molecule has 22 heavy (non-hydrogen) atoms. The third-order valence-corrected chi connectivity index (χ3v) is 3.90. The number of aromatic hydroxyl groups is 1. The Hall–Kier alpha value is -1.83. The zero-order valence-corrected chi connectivity index (χ0v) is 13.9. The molecule has 3 rings (SSSR count). The molecule has 0 saturated heterocycles. The number of hydrogen-bond acceptors (Lipinski definition) is 4. The lowest BCUT2D eigenvalue weighted by Gasteiger charge is -2.16. The van der Waals surface area contributed by atoms with Gasteiger partial charge in [-0.3, -0.25) is 14.2 Å². The number of aromatic nitrogens is 3. The van der Waals surface area contributed by atoms with Gasteiger partial charge in [0.15, 0.2) is 5.56 Å². The molecule has 2 aromatic rings. The van der Waals surface area contributed by atoms with Crippen LogP contribution in [0.3, 0.4) is 0 Å². The molecule has 0 bridgehead atoms. The van der Waals surface area contributed by atoms with Gasteiger partial charge in [0.1, 0.15) is 10.3 Å². The van der Waals surface area contributed by atoms with Crippen LogP contribution in [-0.4, -0.2) is 31.2 Å². The molecule has 8 heteroatoms. The van der Waals surface area contributed by atoms with Crippen LogP contribution in [0, 0.1) is 5.92 Å². The predicted molar refractivity (Wildman–Crippen MR) is 84.1 cm³/mol. The Balaban J connectivity index is 2.21. The molecule has 0 spiro atoms. The first-order valence-electron chi connectivity index (χ1n) is 7.20. The molecule has 1 saturated carbocycles. The fourth-order valence-electron chi connectivity index (χ4n) is 2.36. The summed E-state index contributed by atoms with van der Waals surface area (Å²) in [7, 11) is 0. The summed E-state index contributed by atoms with van der Waals surface area (Å²) < 4.78 is 3.17. The molecule has 0 unspecified atom stereocenters. The summed E-state index contributed by atoms with van der Waals surface area (Å²) in [5.74, 6) is -0.627. The van der Waals surface area contributed by atoms with Crippen LogP contribution in [0.25, 0.3) is 5.65 Å². The highest BCUT2D eigenvalue weighted by atomic mass is 79.9. The summed E-state index contributed by atoms with van der Waals surface area (Å²) in [4.78, 5) is 24.8. The van der Waals surface area contributed by atoms with E-state index in [0.29, 0.717) is 16.8 Å². The number of halogens is 1. The fourth-order valence-corrected chi connectivity index (χ4v) is 2.72. The summed E-state index contributed by atoms with van der Waals surface area (Å²) in [6, 6.07) is 1.75. The Morgan fingerprint density at radius 2 is 2.23 bits per heavy atom. The molecule has 0 atom stereocenters. The molecule has 118 valence electrons. The van der Waals surface area contributed by atoms with E-state index in [9.17, 15) is 14.7 Å². The van der Waals surface area contributed by atoms with Gasteiger partial charge in [0, 0.05) is 18.7 Å². The van der Waals surface area contributed by atoms with Crippen LogP contribution < -0.4 is 10.9 Å². The van der Waals surface area contributed by atoms with Crippen LogP contribution in [-0.2, 0) is 6.54 Å². The van der Waals surface area contributed by atoms with Gasteiger partial charge < -0.3 is 10.4 Å². The van der Waals surface area contributed by atoms with E-state index in [4.69, 9.17) is 0 Å². The molecule has 2 N–H and O–H groups in total. The predicted octanol–water partition coefficient (Wildman–Crippen LogP) is 1.51. The zero-order valence-electron chi connectivity index (χ0n) is 12.3. The molecule has 1 fully saturated rings. The highest BCUT2D eigenvalue weighted by molar-refractivity contribution is 9.10.